The van der Waals surface area contributed by atoms with Gasteiger partial charge >= 0.3 is 0 Å². The highest BCUT2D eigenvalue weighted by atomic mass is 32.2. The van der Waals surface area contributed by atoms with Crippen molar-refractivity contribution in [1.82, 2.24) is 0 Å². The smallest absolute Gasteiger partial charge is 0.262 e. The molecule has 1 saturated heterocycles. The molecule has 3 aromatic rings. The quantitative estimate of drug-likeness (QED) is 0.595. The second-order valence-corrected chi connectivity index (χ2v) is 8.15. The van der Waals surface area contributed by atoms with E-state index in [1.54, 1.807) is 42.2 Å². The van der Waals surface area contributed by atoms with Crippen LogP contribution < -0.4 is 15.0 Å². The van der Waals surface area contributed by atoms with Gasteiger partial charge in [-0.15, -0.1) is 11.8 Å². The molecule has 31 heavy (non-hydrogen) atoms. The normalized spacial score (nSPS) is 15.7. The summed E-state index contributed by atoms with van der Waals surface area (Å²) >= 11 is 1.47. The third-order valence-electron chi connectivity index (χ3n) is 4.94. The molecule has 3 aromatic carbocycles. The first-order valence-electron chi connectivity index (χ1n) is 9.79. The van der Waals surface area contributed by atoms with Gasteiger partial charge in [0.1, 0.15) is 16.9 Å². The molecule has 1 atom stereocenters. The summed E-state index contributed by atoms with van der Waals surface area (Å²) in [6.45, 7) is 1.56. The lowest BCUT2D eigenvalue weighted by atomic mass is 10.1. The molecule has 5 nitrogen and oxygen atoms in total. The van der Waals surface area contributed by atoms with Crippen LogP contribution in [0, 0.1) is 12.7 Å². The first-order valence-corrected chi connectivity index (χ1v) is 10.8. The van der Waals surface area contributed by atoms with Gasteiger partial charge in [0.2, 0.25) is 5.91 Å². The molecule has 0 saturated carbocycles. The van der Waals surface area contributed by atoms with E-state index < -0.39 is 0 Å². The van der Waals surface area contributed by atoms with Gasteiger partial charge in [0.15, 0.2) is 6.61 Å². The van der Waals surface area contributed by atoms with Crippen molar-refractivity contribution in [2.24, 2.45) is 0 Å². The summed E-state index contributed by atoms with van der Waals surface area (Å²) in [5.74, 6) is 0.222. The molecule has 0 aliphatic carbocycles. The lowest BCUT2D eigenvalue weighted by Crippen LogP contribution is -2.28. The number of ether oxygens (including phenoxy) is 1. The second kappa shape index (κ2) is 9.22. The first-order chi connectivity index (χ1) is 15.0. The van der Waals surface area contributed by atoms with Gasteiger partial charge in [-0.2, -0.15) is 0 Å². The third kappa shape index (κ3) is 4.72. The molecule has 1 fully saturated rings. The predicted octanol–water partition coefficient (Wildman–Crippen LogP) is 4.93. The summed E-state index contributed by atoms with van der Waals surface area (Å²) in [6.07, 6.45) is 0. The molecule has 158 valence electrons. The van der Waals surface area contributed by atoms with Crippen LogP contribution in [-0.4, -0.2) is 24.2 Å². The fraction of sp³-hybridized carbons (Fsp3) is 0.167. The van der Waals surface area contributed by atoms with E-state index in [0.29, 0.717) is 28.4 Å². The van der Waals surface area contributed by atoms with Crippen LogP contribution in [0.4, 0.5) is 15.8 Å². The van der Waals surface area contributed by atoms with E-state index in [2.05, 4.69) is 5.32 Å². The summed E-state index contributed by atoms with van der Waals surface area (Å²) in [4.78, 5) is 26.5. The van der Waals surface area contributed by atoms with E-state index in [0.717, 1.165) is 5.56 Å². The van der Waals surface area contributed by atoms with Crippen LogP contribution in [0.2, 0.25) is 0 Å². The van der Waals surface area contributed by atoms with Crippen molar-refractivity contribution < 1.29 is 18.7 Å². The maximum Gasteiger partial charge on any atom is 0.262 e. The molecule has 0 radical (unpaired) electrons. The number of carbonyl (C=O) groups excluding carboxylic acids is 2. The Kier molecular flexibility index (Phi) is 6.23. The van der Waals surface area contributed by atoms with Gasteiger partial charge in [0, 0.05) is 11.3 Å². The van der Waals surface area contributed by atoms with Gasteiger partial charge in [0.05, 0.1) is 11.4 Å². The summed E-state index contributed by atoms with van der Waals surface area (Å²) in [5.41, 5.74) is 2.45. The zero-order valence-corrected chi connectivity index (χ0v) is 17.7. The highest BCUT2D eigenvalue weighted by Gasteiger charge is 2.35. The lowest BCUT2D eigenvalue weighted by molar-refractivity contribution is -0.118. The average Bonchev–Trinajstić information content (AvgIpc) is 3.16. The van der Waals surface area contributed by atoms with Gasteiger partial charge in [-0.05, 0) is 48.9 Å². The monoisotopic (exact) mass is 436 g/mol. The molecule has 0 aromatic heterocycles. The van der Waals surface area contributed by atoms with E-state index in [1.807, 2.05) is 36.4 Å². The van der Waals surface area contributed by atoms with Crippen molar-refractivity contribution >= 4 is 35.0 Å². The topological polar surface area (TPSA) is 58.6 Å². The number of hydrogen-bond donors (Lipinski definition) is 1. The van der Waals surface area contributed by atoms with Gasteiger partial charge in [-0.25, -0.2) is 4.39 Å². The molecule has 1 aliphatic heterocycles. The van der Waals surface area contributed by atoms with Crippen molar-refractivity contribution in [3.63, 3.8) is 0 Å². The molecule has 0 bridgehead atoms. The molecule has 0 spiro atoms. The van der Waals surface area contributed by atoms with Crippen molar-refractivity contribution in [2.45, 2.75) is 12.3 Å². The SMILES string of the molecule is Cc1c(F)cccc1N1C(=O)CSC1c1cccc(NC(=O)COc2ccccc2)c1. The number of halogens is 1. The maximum absolute atomic E-state index is 14.1. The molecular weight excluding hydrogens is 415 g/mol. The molecule has 1 unspecified atom stereocenters. The largest absolute Gasteiger partial charge is 0.484 e. The number of nitrogens with zero attached hydrogens (tertiary/aromatic N) is 1. The maximum atomic E-state index is 14.1. The Morgan fingerprint density at radius 2 is 1.90 bits per heavy atom. The van der Waals surface area contributed by atoms with Crippen LogP contribution in [0.1, 0.15) is 16.5 Å². The summed E-state index contributed by atoms with van der Waals surface area (Å²) < 4.78 is 19.6. The number of anilines is 2. The van der Waals surface area contributed by atoms with Crippen LogP contribution in [0.15, 0.2) is 72.8 Å². The molecule has 7 heteroatoms. The number of amides is 2. The van der Waals surface area contributed by atoms with Crippen LogP contribution in [0.3, 0.4) is 0 Å². The molecular formula is C24H21FN2O3S. The van der Waals surface area contributed by atoms with Crippen LogP contribution in [0.5, 0.6) is 5.75 Å². The van der Waals surface area contributed by atoms with E-state index in [4.69, 9.17) is 4.74 Å². The molecule has 1 aliphatic rings. The first kappa shape index (κ1) is 20.9. The zero-order chi connectivity index (χ0) is 21.8. The third-order valence-corrected chi connectivity index (χ3v) is 6.15. The summed E-state index contributed by atoms with van der Waals surface area (Å²) in [7, 11) is 0. The Morgan fingerprint density at radius 1 is 1.13 bits per heavy atom. The minimum Gasteiger partial charge on any atom is -0.484 e. The van der Waals surface area contributed by atoms with Gasteiger partial charge in [-0.1, -0.05) is 36.4 Å². The lowest BCUT2D eigenvalue weighted by Gasteiger charge is -2.26. The number of thioether (sulfide) groups is 1. The zero-order valence-electron chi connectivity index (χ0n) is 16.9. The number of rotatable bonds is 6. The Balaban J connectivity index is 1.50. The highest BCUT2D eigenvalue weighted by molar-refractivity contribution is 8.00. The number of para-hydroxylation sites is 1. The van der Waals surface area contributed by atoms with Crippen LogP contribution in [0.25, 0.3) is 0 Å². The number of benzene rings is 3. The Morgan fingerprint density at radius 3 is 2.71 bits per heavy atom. The molecule has 2 amide bonds. The number of carbonyl (C=O) groups is 2. The number of nitrogens with one attached hydrogen (secondary N) is 1. The summed E-state index contributed by atoms with van der Waals surface area (Å²) in [5, 5.41) is 2.53. The fourth-order valence-corrected chi connectivity index (χ4v) is 4.58. The van der Waals surface area contributed by atoms with E-state index >= 15 is 0 Å². The van der Waals surface area contributed by atoms with E-state index in [1.165, 1.54) is 17.8 Å². The van der Waals surface area contributed by atoms with Crippen molar-refractivity contribution in [2.75, 3.05) is 22.6 Å². The summed E-state index contributed by atoms with van der Waals surface area (Å²) in [6, 6.07) is 21.2. The van der Waals surface area contributed by atoms with Gasteiger partial charge < -0.3 is 10.1 Å². The van der Waals surface area contributed by atoms with Crippen LogP contribution in [-0.2, 0) is 9.59 Å². The highest BCUT2D eigenvalue weighted by Crippen LogP contribution is 2.43. The predicted molar refractivity (Wildman–Crippen MR) is 121 cm³/mol. The fourth-order valence-electron chi connectivity index (χ4n) is 3.42. The Bertz CT molecular complexity index is 1110. The Hall–Kier alpha value is -3.32. The average molecular weight is 437 g/mol. The Labute approximate surface area is 184 Å². The van der Waals surface area contributed by atoms with Crippen molar-refractivity contribution in [1.29, 1.82) is 0 Å². The van der Waals surface area contributed by atoms with Gasteiger partial charge in [-0.3, -0.25) is 14.5 Å². The second-order valence-electron chi connectivity index (χ2n) is 7.09. The van der Waals surface area contributed by atoms with E-state index in [9.17, 15) is 14.0 Å². The molecule has 1 heterocycles. The minimum absolute atomic E-state index is 0.0746. The molecule has 1 N–H and O–H groups in total. The van der Waals surface area contributed by atoms with Gasteiger partial charge in [0.25, 0.3) is 5.91 Å². The van der Waals surface area contributed by atoms with Crippen molar-refractivity contribution in [3.05, 3.63) is 89.7 Å². The number of hydrogen-bond acceptors (Lipinski definition) is 4. The standard InChI is InChI=1S/C24H21FN2O3S/c1-16-20(25)11-6-12-21(16)27-23(29)15-31-24(27)17-7-5-8-18(13-17)26-22(28)14-30-19-9-3-2-4-10-19/h2-13,24H,14-15H2,1H3,(H,26,28). The minimum atomic E-state index is -0.347. The van der Waals surface area contributed by atoms with Crippen molar-refractivity contribution in [3.8, 4) is 5.75 Å². The molecule has 4 rings (SSSR count). The van der Waals surface area contributed by atoms with E-state index in [-0.39, 0.29) is 29.6 Å². The van der Waals surface area contributed by atoms with Crippen LogP contribution >= 0.6 is 11.8 Å².